The SMILES string of the molecule is Cc1cc(C(=O)c2ccc(N)cc2)c(F)cc1F. The van der Waals surface area contributed by atoms with Crippen molar-refractivity contribution in [1.29, 1.82) is 0 Å². The third-order valence-corrected chi connectivity index (χ3v) is 2.67. The highest BCUT2D eigenvalue weighted by Crippen LogP contribution is 2.18. The van der Waals surface area contributed by atoms with Gasteiger partial charge in [0.05, 0.1) is 5.56 Å². The fourth-order valence-electron chi connectivity index (χ4n) is 1.62. The number of aryl methyl sites for hydroxylation is 1. The van der Waals surface area contributed by atoms with Crippen LogP contribution in [0.15, 0.2) is 36.4 Å². The van der Waals surface area contributed by atoms with Crippen molar-refractivity contribution in [3.05, 3.63) is 64.7 Å². The van der Waals surface area contributed by atoms with Crippen LogP contribution < -0.4 is 5.73 Å². The first kappa shape index (κ1) is 12.2. The molecule has 2 aromatic carbocycles. The minimum Gasteiger partial charge on any atom is -0.399 e. The molecule has 0 amide bonds. The number of nitrogen functional groups attached to an aromatic ring is 1. The van der Waals surface area contributed by atoms with Gasteiger partial charge < -0.3 is 5.73 Å². The minimum absolute atomic E-state index is 0.140. The molecule has 0 bridgehead atoms. The zero-order chi connectivity index (χ0) is 13.3. The van der Waals surface area contributed by atoms with E-state index in [2.05, 4.69) is 0 Å². The van der Waals surface area contributed by atoms with Gasteiger partial charge in [-0.15, -0.1) is 0 Å². The lowest BCUT2D eigenvalue weighted by Crippen LogP contribution is -2.06. The molecule has 92 valence electrons. The van der Waals surface area contributed by atoms with Gasteiger partial charge in [-0.1, -0.05) is 0 Å². The average Bonchev–Trinajstić information content (AvgIpc) is 2.34. The number of halogens is 2. The third-order valence-electron chi connectivity index (χ3n) is 2.67. The standard InChI is InChI=1S/C14H11F2NO/c1-8-6-11(13(16)7-12(8)15)14(18)9-2-4-10(17)5-3-9/h2-7H,17H2,1H3. The van der Waals surface area contributed by atoms with E-state index in [9.17, 15) is 13.6 Å². The van der Waals surface area contributed by atoms with E-state index in [-0.39, 0.29) is 11.1 Å². The van der Waals surface area contributed by atoms with Crippen LogP contribution in [0.4, 0.5) is 14.5 Å². The molecule has 0 aliphatic heterocycles. The Morgan fingerprint density at radius 1 is 1.06 bits per heavy atom. The van der Waals surface area contributed by atoms with E-state index >= 15 is 0 Å². The Kier molecular flexibility index (Phi) is 3.10. The van der Waals surface area contributed by atoms with E-state index in [4.69, 9.17) is 5.73 Å². The number of rotatable bonds is 2. The van der Waals surface area contributed by atoms with E-state index in [0.29, 0.717) is 11.3 Å². The number of hydrogen-bond acceptors (Lipinski definition) is 2. The molecule has 0 spiro atoms. The number of carbonyl (C=O) groups is 1. The molecule has 0 aliphatic rings. The molecule has 0 aromatic heterocycles. The van der Waals surface area contributed by atoms with E-state index in [1.165, 1.54) is 25.1 Å². The lowest BCUT2D eigenvalue weighted by atomic mass is 10.0. The molecule has 2 rings (SSSR count). The Morgan fingerprint density at radius 2 is 1.67 bits per heavy atom. The van der Waals surface area contributed by atoms with Crippen molar-refractivity contribution in [3.63, 3.8) is 0 Å². The zero-order valence-corrected chi connectivity index (χ0v) is 9.71. The van der Waals surface area contributed by atoms with Gasteiger partial charge in [0.2, 0.25) is 0 Å². The molecule has 0 unspecified atom stereocenters. The molecule has 0 saturated carbocycles. The van der Waals surface area contributed by atoms with Gasteiger partial charge in [-0.2, -0.15) is 0 Å². The maximum absolute atomic E-state index is 13.6. The molecule has 4 heteroatoms. The number of benzene rings is 2. The highest BCUT2D eigenvalue weighted by atomic mass is 19.1. The number of carbonyl (C=O) groups excluding carboxylic acids is 1. The van der Waals surface area contributed by atoms with Crippen LogP contribution in [0.5, 0.6) is 0 Å². The number of ketones is 1. The van der Waals surface area contributed by atoms with Gasteiger partial charge in [0.15, 0.2) is 5.78 Å². The van der Waals surface area contributed by atoms with Gasteiger partial charge in [-0.3, -0.25) is 4.79 Å². The maximum Gasteiger partial charge on any atom is 0.195 e. The van der Waals surface area contributed by atoms with E-state index < -0.39 is 17.4 Å². The monoisotopic (exact) mass is 247 g/mol. The summed E-state index contributed by atoms with van der Waals surface area (Å²) in [5.74, 6) is -2.02. The van der Waals surface area contributed by atoms with Crippen LogP contribution >= 0.6 is 0 Å². The van der Waals surface area contributed by atoms with Crippen molar-refractivity contribution in [1.82, 2.24) is 0 Å². The number of anilines is 1. The highest BCUT2D eigenvalue weighted by molar-refractivity contribution is 6.09. The summed E-state index contributed by atoms with van der Waals surface area (Å²) in [6.07, 6.45) is 0. The number of nitrogens with two attached hydrogens (primary N) is 1. The molecular weight excluding hydrogens is 236 g/mol. The smallest absolute Gasteiger partial charge is 0.195 e. The summed E-state index contributed by atoms with van der Waals surface area (Å²) < 4.78 is 26.7. The molecule has 0 saturated heterocycles. The highest BCUT2D eigenvalue weighted by Gasteiger charge is 2.16. The zero-order valence-electron chi connectivity index (χ0n) is 9.71. The lowest BCUT2D eigenvalue weighted by Gasteiger charge is -2.05. The van der Waals surface area contributed by atoms with E-state index in [1.54, 1.807) is 12.1 Å². The molecule has 0 heterocycles. The Hall–Kier alpha value is -2.23. The van der Waals surface area contributed by atoms with Crippen LogP contribution in [0.2, 0.25) is 0 Å². The van der Waals surface area contributed by atoms with Gasteiger partial charge in [0.1, 0.15) is 11.6 Å². The fraction of sp³-hybridized carbons (Fsp3) is 0.0714. The van der Waals surface area contributed by atoms with Crippen molar-refractivity contribution < 1.29 is 13.6 Å². The van der Waals surface area contributed by atoms with Gasteiger partial charge in [-0.05, 0) is 42.8 Å². The summed E-state index contributed by atoms with van der Waals surface area (Å²) in [4.78, 5) is 12.0. The predicted octanol–water partition coefficient (Wildman–Crippen LogP) is 3.09. The molecule has 0 fully saturated rings. The van der Waals surface area contributed by atoms with Crippen LogP contribution in [0.25, 0.3) is 0 Å². The summed E-state index contributed by atoms with van der Waals surface area (Å²) in [6, 6.07) is 8.07. The largest absolute Gasteiger partial charge is 0.399 e. The van der Waals surface area contributed by atoms with Crippen molar-refractivity contribution in [2.45, 2.75) is 6.92 Å². The summed E-state index contributed by atoms with van der Waals surface area (Å²) in [5, 5.41) is 0. The van der Waals surface area contributed by atoms with Gasteiger partial charge in [0.25, 0.3) is 0 Å². The van der Waals surface area contributed by atoms with E-state index in [1.807, 2.05) is 0 Å². The molecule has 0 atom stereocenters. The molecule has 18 heavy (non-hydrogen) atoms. The lowest BCUT2D eigenvalue weighted by molar-refractivity contribution is 0.103. The number of hydrogen-bond donors (Lipinski definition) is 1. The summed E-state index contributed by atoms with van der Waals surface area (Å²) >= 11 is 0. The first-order valence-corrected chi connectivity index (χ1v) is 5.35. The van der Waals surface area contributed by atoms with Crippen LogP contribution in [0, 0.1) is 18.6 Å². The fourth-order valence-corrected chi connectivity index (χ4v) is 1.62. The normalized spacial score (nSPS) is 10.4. The van der Waals surface area contributed by atoms with Crippen LogP contribution in [-0.4, -0.2) is 5.78 Å². The van der Waals surface area contributed by atoms with Gasteiger partial charge in [0, 0.05) is 17.3 Å². The average molecular weight is 247 g/mol. The Bertz CT molecular complexity index is 606. The molecule has 2 nitrogen and oxygen atoms in total. The first-order chi connectivity index (χ1) is 8.49. The van der Waals surface area contributed by atoms with Crippen molar-refractivity contribution >= 4 is 11.5 Å². The third kappa shape index (κ3) is 2.22. The maximum atomic E-state index is 13.6. The predicted molar refractivity (Wildman–Crippen MR) is 65.4 cm³/mol. The van der Waals surface area contributed by atoms with Crippen molar-refractivity contribution in [3.8, 4) is 0 Å². The van der Waals surface area contributed by atoms with E-state index in [0.717, 1.165) is 6.07 Å². The second-order valence-corrected chi connectivity index (χ2v) is 4.03. The Balaban J connectivity index is 2.46. The van der Waals surface area contributed by atoms with Gasteiger partial charge in [-0.25, -0.2) is 8.78 Å². The summed E-state index contributed by atoms with van der Waals surface area (Å²) in [5.41, 5.74) is 6.43. The van der Waals surface area contributed by atoms with Gasteiger partial charge >= 0.3 is 0 Å². The Morgan fingerprint density at radius 3 is 2.28 bits per heavy atom. The van der Waals surface area contributed by atoms with Crippen LogP contribution in [0.1, 0.15) is 21.5 Å². The van der Waals surface area contributed by atoms with Crippen LogP contribution in [0.3, 0.4) is 0 Å². The second kappa shape index (κ2) is 4.56. The molecule has 2 aromatic rings. The molecular formula is C14H11F2NO. The van der Waals surface area contributed by atoms with Crippen molar-refractivity contribution in [2.75, 3.05) is 5.73 Å². The topological polar surface area (TPSA) is 43.1 Å². The quantitative estimate of drug-likeness (QED) is 0.654. The molecule has 0 aliphatic carbocycles. The molecule has 2 N–H and O–H groups in total. The second-order valence-electron chi connectivity index (χ2n) is 4.03. The molecule has 0 radical (unpaired) electrons. The summed E-state index contributed by atoms with van der Waals surface area (Å²) in [7, 11) is 0. The van der Waals surface area contributed by atoms with Crippen molar-refractivity contribution in [2.24, 2.45) is 0 Å². The van der Waals surface area contributed by atoms with Crippen LogP contribution in [-0.2, 0) is 0 Å². The summed E-state index contributed by atoms with van der Waals surface area (Å²) in [6.45, 7) is 1.48. The minimum atomic E-state index is -0.861. The Labute approximate surface area is 103 Å². The first-order valence-electron chi connectivity index (χ1n) is 5.35.